The van der Waals surface area contributed by atoms with Gasteiger partial charge in [0.05, 0.1) is 11.6 Å². The standard InChI is InChI=1S/C16H19N3OS.ClH/c1-11-5-2-3-7-13(11)14-10-21-16(18-14)19-15(20)12-6-4-8-17-9-12;/h2-3,5,7,10,12,17H,4,6,8-9H2,1H3,(H,18,19,20);1H. The number of hydrogen-bond acceptors (Lipinski definition) is 4. The van der Waals surface area contributed by atoms with Gasteiger partial charge < -0.3 is 10.6 Å². The van der Waals surface area contributed by atoms with Crippen molar-refractivity contribution >= 4 is 34.8 Å². The number of thiazole rings is 1. The molecule has 1 aliphatic heterocycles. The number of aromatic nitrogens is 1. The molecule has 3 rings (SSSR count). The predicted octanol–water partition coefficient (Wildman–Crippen LogP) is 3.48. The third-order valence-electron chi connectivity index (χ3n) is 3.82. The van der Waals surface area contributed by atoms with Crippen molar-refractivity contribution in [2.45, 2.75) is 19.8 Å². The topological polar surface area (TPSA) is 54.0 Å². The third kappa shape index (κ3) is 3.85. The number of anilines is 1. The summed E-state index contributed by atoms with van der Waals surface area (Å²) >= 11 is 1.48. The fourth-order valence-electron chi connectivity index (χ4n) is 2.60. The van der Waals surface area contributed by atoms with E-state index in [4.69, 9.17) is 0 Å². The van der Waals surface area contributed by atoms with E-state index in [0.717, 1.165) is 37.2 Å². The third-order valence-corrected chi connectivity index (χ3v) is 4.58. The monoisotopic (exact) mass is 337 g/mol. The van der Waals surface area contributed by atoms with Crippen LogP contribution in [0.25, 0.3) is 11.3 Å². The molecule has 6 heteroatoms. The predicted molar refractivity (Wildman–Crippen MR) is 93.8 cm³/mol. The molecular formula is C16H20ClN3OS. The first-order valence-electron chi connectivity index (χ1n) is 7.27. The summed E-state index contributed by atoms with van der Waals surface area (Å²) in [6.07, 6.45) is 2.01. The highest BCUT2D eigenvalue weighted by molar-refractivity contribution is 7.14. The first-order chi connectivity index (χ1) is 10.2. The minimum atomic E-state index is 0. The second kappa shape index (κ2) is 7.72. The smallest absolute Gasteiger partial charge is 0.230 e. The van der Waals surface area contributed by atoms with Crippen molar-refractivity contribution < 1.29 is 4.79 Å². The Balaban J connectivity index is 0.00000176. The summed E-state index contributed by atoms with van der Waals surface area (Å²) in [7, 11) is 0. The highest BCUT2D eigenvalue weighted by Crippen LogP contribution is 2.27. The van der Waals surface area contributed by atoms with Crippen LogP contribution in [0.15, 0.2) is 29.6 Å². The van der Waals surface area contributed by atoms with Crippen LogP contribution in [-0.4, -0.2) is 24.0 Å². The number of nitrogens with zero attached hydrogens (tertiary/aromatic N) is 1. The average Bonchev–Trinajstić information content (AvgIpc) is 2.97. The number of rotatable bonds is 3. The van der Waals surface area contributed by atoms with E-state index in [1.165, 1.54) is 16.9 Å². The van der Waals surface area contributed by atoms with E-state index in [2.05, 4.69) is 34.7 Å². The number of piperidine rings is 1. The van der Waals surface area contributed by atoms with Crippen molar-refractivity contribution in [2.24, 2.45) is 5.92 Å². The molecule has 1 aromatic carbocycles. The van der Waals surface area contributed by atoms with Gasteiger partial charge in [0.1, 0.15) is 0 Å². The Kier molecular flexibility index (Phi) is 5.94. The van der Waals surface area contributed by atoms with E-state index in [9.17, 15) is 4.79 Å². The summed E-state index contributed by atoms with van der Waals surface area (Å²) in [4.78, 5) is 16.7. The van der Waals surface area contributed by atoms with Crippen LogP contribution in [0.5, 0.6) is 0 Å². The van der Waals surface area contributed by atoms with E-state index in [1.54, 1.807) is 0 Å². The Morgan fingerprint density at radius 1 is 1.41 bits per heavy atom. The van der Waals surface area contributed by atoms with E-state index < -0.39 is 0 Å². The van der Waals surface area contributed by atoms with Crippen molar-refractivity contribution in [3.05, 3.63) is 35.2 Å². The highest BCUT2D eigenvalue weighted by atomic mass is 35.5. The Bertz CT molecular complexity index is 638. The molecule has 1 aliphatic rings. The van der Waals surface area contributed by atoms with Gasteiger partial charge in [-0.2, -0.15) is 0 Å². The summed E-state index contributed by atoms with van der Waals surface area (Å²) in [5.41, 5.74) is 3.24. The minimum absolute atomic E-state index is 0. The van der Waals surface area contributed by atoms with Crippen molar-refractivity contribution in [3.63, 3.8) is 0 Å². The number of halogens is 1. The molecule has 0 spiro atoms. The van der Waals surface area contributed by atoms with Crippen molar-refractivity contribution in [3.8, 4) is 11.3 Å². The van der Waals surface area contributed by atoms with Gasteiger partial charge in [0.15, 0.2) is 5.13 Å². The molecule has 22 heavy (non-hydrogen) atoms. The maximum atomic E-state index is 12.2. The van der Waals surface area contributed by atoms with Crippen LogP contribution in [0, 0.1) is 12.8 Å². The molecule has 2 heterocycles. The van der Waals surface area contributed by atoms with Gasteiger partial charge in [-0.1, -0.05) is 24.3 Å². The molecule has 1 atom stereocenters. The molecule has 1 amide bonds. The number of benzene rings is 1. The van der Waals surface area contributed by atoms with Gasteiger partial charge in [-0.05, 0) is 31.9 Å². The van der Waals surface area contributed by atoms with Gasteiger partial charge in [0.25, 0.3) is 0 Å². The Labute approximate surface area is 140 Å². The van der Waals surface area contributed by atoms with Crippen LogP contribution in [-0.2, 0) is 4.79 Å². The number of carbonyl (C=O) groups excluding carboxylic acids is 1. The molecule has 4 nitrogen and oxygen atoms in total. The van der Waals surface area contributed by atoms with Gasteiger partial charge in [0.2, 0.25) is 5.91 Å². The largest absolute Gasteiger partial charge is 0.316 e. The Hall–Kier alpha value is -1.43. The lowest BCUT2D eigenvalue weighted by atomic mass is 9.99. The van der Waals surface area contributed by atoms with Gasteiger partial charge in [-0.15, -0.1) is 23.7 Å². The maximum absolute atomic E-state index is 12.2. The van der Waals surface area contributed by atoms with Crippen molar-refractivity contribution in [1.82, 2.24) is 10.3 Å². The first kappa shape index (κ1) is 16.9. The number of aryl methyl sites for hydroxylation is 1. The van der Waals surface area contributed by atoms with Crippen LogP contribution in [0.1, 0.15) is 18.4 Å². The number of nitrogens with one attached hydrogen (secondary N) is 2. The summed E-state index contributed by atoms with van der Waals surface area (Å²) in [6, 6.07) is 8.15. The Morgan fingerprint density at radius 3 is 2.95 bits per heavy atom. The molecule has 1 saturated heterocycles. The molecule has 0 radical (unpaired) electrons. The van der Waals surface area contributed by atoms with Crippen molar-refractivity contribution in [2.75, 3.05) is 18.4 Å². The van der Waals surface area contributed by atoms with Gasteiger partial charge in [-0.3, -0.25) is 4.79 Å². The fraction of sp³-hybridized carbons (Fsp3) is 0.375. The lowest BCUT2D eigenvalue weighted by Gasteiger charge is -2.21. The lowest BCUT2D eigenvalue weighted by molar-refractivity contribution is -0.120. The van der Waals surface area contributed by atoms with Crippen molar-refractivity contribution in [1.29, 1.82) is 0 Å². The van der Waals surface area contributed by atoms with Gasteiger partial charge in [-0.25, -0.2) is 4.98 Å². The summed E-state index contributed by atoms with van der Waals surface area (Å²) in [6.45, 7) is 3.85. The molecule has 0 aliphatic carbocycles. The SMILES string of the molecule is Cc1ccccc1-c1csc(NC(=O)C2CCCNC2)n1.Cl. The Morgan fingerprint density at radius 2 is 2.23 bits per heavy atom. The van der Waals surface area contributed by atoms with Gasteiger partial charge >= 0.3 is 0 Å². The van der Waals surface area contributed by atoms with Gasteiger partial charge in [0, 0.05) is 17.5 Å². The summed E-state index contributed by atoms with van der Waals surface area (Å²) in [5.74, 6) is 0.137. The van der Waals surface area contributed by atoms with Crippen LogP contribution in [0.3, 0.4) is 0 Å². The molecule has 118 valence electrons. The molecule has 2 N–H and O–H groups in total. The molecule has 1 unspecified atom stereocenters. The first-order valence-corrected chi connectivity index (χ1v) is 8.15. The zero-order chi connectivity index (χ0) is 14.7. The van der Waals surface area contributed by atoms with Crippen LogP contribution < -0.4 is 10.6 Å². The quantitative estimate of drug-likeness (QED) is 0.901. The van der Waals surface area contributed by atoms with E-state index >= 15 is 0 Å². The molecule has 0 saturated carbocycles. The van der Waals surface area contributed by atoms with E-state index in [0.29, 0.717) is 5.13 Å². The normalized spacial score (nSPS) is 17.6. The fourth-order valence-corrected chi connectivity index (χ4v) is 3.31. The molecule has 2 aromatic rings. The zero-order valence-corrected chi connectivity index (χ0v) is 14.1. The number of amides is 1. The maximum Gasteiger partial charge on any atom is 0.230 e. The van der Waals surface area contributed by atoms with E-state index in [1.807, 2.05) is 17.5 Å². The van der Waals surface area contributed by atoms with Crippen LogP contribution >= 0.6 is 23.7 Å². The van der Waals surface area contributed by atoms with Crippen LogP contribution in [0.4, 0.5) is 5.13 Å². The molecule has 1 aromatic heterocycles. The second-order valence-corrected chi connectivity index (χ2v) is 6.24. The van der Waals surface area contributed by atoms with E-state index in [-0.39, 0.29) is 24.2 Å². The average molecular weight is 338 g/mol. The zero-order valence-electron chi connectivity index (χ0n) is 12.5. The number of carbonyl (C=O) groups is 1. The summed E-state index contributed by atoms with van der Waals surface area (Å²) < 4.78 is 0. The highest BCUT2D eigenvalue weighted by Gasteiger charge is 2.21. The molecular weight excluding hydrogens is 318 g/mol. The lowest BCUT2D eigenvalue weighted by Crippen LogP contribution is -2.37. The molecule has 1 fully saturated rings. The number of hydrogen-bond donors (Lipinski definition) is 2. The summed E-state index contributed by atoms with van der Waals surface area (Å²) in [5, 5.41) is 8.89. The van der Waals surface area contributed by atoms with Crippen LogP contribution in [0.2, 0.25) is 0 Å². The minimum Gasteiger partial charge on any atom is -0.316 e. The molecule has 0 bridgehead atoms. The second-order valence-electron chi connectivity index (χ2n) is 5.39.